The number of Topliss-reactive ketones (excluding diaryl/α,β-unsaturated/α-hetero) is 1. The Morgan fingerprint density at radius 2 is 1.70 bits per heavy atom. The van der Waals surface area contributed by atoms with E-state index in [0.717, 1.165) is 5.56 Å². The van der Waals surface area contributed by atoms with Gasteiger partial charge in [0.15, 0.2) is 5.78 Å². The number of rotatable bonds is 6. The van der Waals surface area contributed by atoms with E-state index in [1.54, 1.807) is 19.9 Å². The van der Waals surface area contributed by atoms with Crippen molar-refractivity contribution >= 4 is 17.8 Å². The molecule has 0 aliphatic heterocycles. The van der Waals surface area contributed by atoms with Gasteiger partial charge in [0.1, 0.15) is 5.57 Å². The SMILES string of the molecule is CC(C)COC(=O)C(=Cc1ccccc1)C(=O)C(C)C. The molecule has 20 heavy (non-hydrogen) atoms. The van der Waals surface area contributed by atoms with Crippen LogP contribution in [0.1, 0.15) is 33.3 Å². The van der Waals surface area contributed by atoms with Gasteiger partial charge in [-0.2, -0.15) is 0 Å². The summed E-state index contributed by atoms with van der Waals surface area (Å²) in [6.07, 6.45) is 1.60. The molecule has 0 N–H and O–H groups in total. The Labute approximate surface area is 120 Å². The highest BCUT2D eigenvalue weighted by Crippen LogP contribution is 2.14. The molecule has 1 rings (SSSR count). The van der Waals surface area contributed by atoms with E-state index in [0.29, 0.717) is 6.61 Å². The minimum atomic E-state index is -0.541. The monoisotopic (exact) mass is 274 g/mol. The van der Waals surface area contributed by atoms with Gasteiger partial charge in [0.2, 0.25) is 0 Å². The summed E-state index contributed by atoms with van der Waals surface area (Å²) in [5, 5.41) is 0. The van der Waals surface area contributed by atoms with Crippen LogP contribution in [0, 0.1) is 11.8 Å². The normalized spacial score (nSPS) is 11.8. The topological polar surface area (TPSA) is 43.4 Å². The predicted octanol–water partition coefficient (Wildman–Crippen LogP) is 3.49. The van der Waals surface area contributed by atoms with Crippen molar-refractivity contribution in [2.24, 2.45) is 11.8 Å². The Balaban J connectivity index is 3.00. The molecule has 0 fully saturated rings. The summed E-state index contributed by atoms with van der Waals surface area (Å²) in [4.78, 5) is 24.3. The molecule has 0 atom stereocenters. The number of hydrogen-bond donors (Lipinski definition) is 0. The van der Waals surface area contributed by atoms with Crippen LogP contribution in [-0.2, 0) is 14.3 Å². The van der Waals surface area contributed by atoms with Crippen molar-refractivity contribution in [3.05, 3.63) is 41.5 Å². The van der Waals surface area contributed by atoms with Crippen molar-refractivity contribution < 1.29 is 14.3 Å². The highest BCUT2D eigenvalue weighted by molar-refractivity contribution is 6.21. The van der Waals surface area contributed by atoms with Crippen molar-refractivity contribution in [2.75, 3.05) is 6.61 Å². The van der Waals surface area contributed by atoms with E-state index < -0.39 is 5.97 Å². The molecule has 0 amide bonds. The summed E-state index contributed by atoms with van der Waals surface area (Å²) in [6, 6.07) is 9.32. The van der Waals surface area contributed by atoms with Crippen LogP contribution < -0.4 is 0 Å². The van der Waals surface area contributed by atoms with Gasteiger partial charge in [-0.25, -0.2) is 4.79 Å². The molecule has 0 aromatic heterocycles. The number of carbonyl (C=O) groups excluding carboxylic acids is 2. The molecule has 0 saturated heterocycles. The Kier molecular flexibility index (Phi) is 6.16. The molecule has 0 saturated carbocycles. The van der Waals surface area contributed by atoms with E-state index in [9.17, 15) is 9.59 Å². The first kappa shape index (κ1) is 16.2. The number of carbonyl (C=O) groups is 2. The standard InChI is InChI=1S/C17H22O3/c1-12(2)11-20-17(19)15(16(18)13(3)4)10-14-8-6-5-7-9-14/h5-10,12-13H,11H2,1-4H3. The van der Waals surface area contributed by atoms with Crippen molar-refractivity contribution in [2.45, 2.75) is 27.7 Å². The van der Waals surface area contributed by atoms with E-state index in [1.807, 2.05) is 44.2 Å². The maximum atomic E-state index is 12.2. The van der Waals surface area contributed by atoms with Crippen LogP contribution in [0.2, 0.25) is 0 Å². The maximum Gasteiger partial charge on any atom is 0.341 e. The van der Waals surface area contributed by atoms with E-state index in [1.165, 1.54) is 0 Å². The maximum absolute atomic E-state index is 12.2. The lowest BCUT2D eigenvalue weighted by atomic mass is 9.99. The van der Waals surface area contributed by atoms with Crippen molar-refractivity contribution in [1.82, 2.24) is 0 Å². The summed E-state index contributed by atoms with van der Waals surface area (Å²) in [5.41, 5.74) is 0.935. The number of ketones is 1. The summed E-state index contributed by atoms with van der Waals surface area (Å²) in [6.45, 7) is 7.78. The second-order valence-electron chi connectivity index (χ2n) is 5.48. The van der Waals surface area contributed by atoms with Crippen LogP contribution in [0.15, 0.2) is 35.9 Å². The third kappa shape index (κ3) is 5.00. The zero-order valence-electron chi connectivity index (χ0n) is 12.6. The molecule has 0 aliphatic carbocycles. The van der Waals surface area contributed by atoms with Gasteiger partial charge in [0, 0.05) is 5.92 Å². The molecular weight excluding hydrogens is 252 g/mol. The quantitative estimate of drug-likeness (QED) is 0.345. The number of ether oxygens (including phenoxy) is 1. The average molecular weight is 274 g/mol. The highest BCUT2D eigenvalue weighted by atomic mass is 16.5. The second kappa shape index (κ2) is 7.63. The van der Waals surface area contributed by atoms with Gasteiger partial charge in [-0.05, 0) is 17.6 Å². The van der Waals surface area contributed by atoms with E-state index in [-0.39, 0.29) is 23.2 Å². The van der Waals surface area contributed by atoms with Gasteiger partial charge in [-0.15, -0.1) is 0 Å². The molecule has 1 aromatic carbocycles. The van der Waals surface area contributed by atoms with Gasteiger partial charge in [-0.1, -0.05) is 58.0 Å². The van der Waals surface area contributed by atoms with E-state index in [2.05, 4.69) is 0 Å². The molecule has 0 spiro atoms. The Morgan fingerprint density at radius 1 is 1.10 bits per heavy atom. The molecule has 1 aromatic rings. The first-order valence-corrected chi connectivity index (χ1v) is 6.90. The number of esters is 1. The fraction of sp³-hybridized carbons (Fsp3) is 0.412. The van der Waals surface area contributed by atoms with Crippen LogP contribution in [0.3, 0.4) is 0 Å². The average Bonchev–Trinajstić information content (AvgIpc) is 2.42. The first-order chi connectivity index (χ1) is 9.41. The fourth-order valence-corrected chi connectivity index (χ4v) is 1.58. The minimum absolute atomic E-state index is 0.117. The summed E-state index contributed by atoms with van der Waals surface area (Å²) < 4.78 is 5.18. The van der Waals surface area contributed by atoms with Crippen LogP contribution in [0.4, 0.5) is 0 Å². The number of benzene rings is 1. The lowest BCUT2D eigenvalue weighted by Crippen LogP contribution is -2.21. The molecule has 0 heterocycles. The molecule has 3 nitrogen and oxygen atoms in total. The van der Waals surface area contributed by atoms with Crippen molar-refractivity contribution in [1.29, 1.82) is 0 Å². The van der Waals surface area contributed by atoms with Gasteiger partial charge in [0.25, 0.3) is 0 Å². The third-order valence-corrected chi connectivity index (χ3v) is 2.67. The fourth-order valence-electron chi connectivity index (χ4n) is 1.58. The van der Waals surface area contributed by atoms with Gasteiger partial charge in [0.05, 0.1) is 6.61 Å². The molecular formula is C17H22O3. The molecule has 3 heteroatoms. The van der Waals surface area contributed by atoms with Crippen LogP contribution in [0.25, 0.3) is 6.08 Å². The lowest BCUT2D eigenvalue weighted by Gasteiger charge is -2.11. The second-order valence-corrected chi connectivity index (χ2v) is 5.48. The van der Waals surface area contributed by atoms with Crippen LogP contribution in [-0.4, -0.2) is 18.4 Å². The van der Waals surface area contributed by atoms with E-state index >= 15 is 0 Å². The van der Waals surface area contributed by atoms with E-state index in [4.69, 9.17) is 4.74 Å². The molecule has 0 radical (unpaired) electrons. The third-order valence-electron chi connectivity index (χ3n) is 2.67. The predicted molar refractivity (Wildman–Crippen MR) is 80.1 cm³/mol. The Hall–Kier alpha value is -1.90. The Bertz CT molecular complexity index is 484. The zero-order valence-corrected chi connectivity index (χ0v) is 12.6. The van der Waals surface area contributed by atoms with Crippen molar-refractivity contribution in [3.63, 3.8) is 0 Å². The zero-order chi connectivity index (χ0) is 15.1. The van der Waals surface area contributed by atoms with Gasteiger partial charge < -0.3 is 4.74 Å². The molecule has 0 unspecified atom stereocenters. The van der Waals surface area contributed by atoms with Gasteiger partial charge in [-0.3, -0.25) is 4.79 Å². The molecule has 108 valence electrons. The van der Waals surface area contributed by atoms with Crippen LogP contribution >= 0.6 is 0 Å². The first-order valence-electron chi connectivity index (χ1n) is 6.90. The summed E-state index contributed by atoms with van der Waals surface area (Å²) in [5.74, 6) is -0.730. The Morgan fingerprint density at radius 3 is 2.20 bits per heavy atom. The summed E-state index contributed by atoms with van der Waals surface area (Å²) >= 11 is 0. The largest absolute Gasteiger partial charge is 0.462 e. The van der Waals surface area contributed by atoms with Gasteiger partial charge >= 0.3 is 5.97 Å². The number of hydrogen-bond acceptors (Lipinski definition) is 3. The van der Waals surface area contributed by atoms with Crippen LogP contribution in [0.5, 0.6) is 0 Å². The smallest absolute Gasteiger partial charge is 0.341 e. The minimum Gasteiger partial charge on any atom is -0.462 e. The highest BCUT2D eigenvalue weighted by Gasteiger charge is 2.22. The van der Waals surface area contributed by atoms with Crippen molar-refractivity contribution in [3.8, 4) is 0 Å². The summed E-state index contributed by atoms with van der Waals surface area (Å²) in [7, 11) is 0. The lowest BCUT2D eigenvalue weighted by molar-refractivity contribution is -0.141. The molecule has 0 aliphatic rings. The molecule has 0 bridgehead atoms.